The van der Waals surface area contributed by atoms with Crippen molar-refractivity contribution in [2.75, 3.05) is 12.4 Å². The van der Waals surface area contributed by atoms with Gasteiger partial charge in [-0.3, -0.25) is 9.78 Å². The quantitative estimate of drug-likeness (QED) is 0.815. The molecule has 16 heavy (non-hydrogen) atoms. The van der Waals surface area contributed by atoms with Crippen molar-refractivity contribution in [3.05, 3.63) is 24.0 Å². The van der Waals surface area contributed by atoms with Crippen LogP contribution in [0.2, 0.25) is 0 Å². The minimum atomic E-state index is -0.151. The maximum absolute atomic E-state index is 11.4. The minimum Gasteiger partial charge on any atom is -0.380 e. The Morgan fingerprint density at radius 2 is 2.25 bits per heavy atom. The molecule has 86 valence electrons. The summed E-state index contributed by atoms with van der Waals surface area (Å²) in [5.74, 6) is -0.151. The molecule has 1 fully saturated rings. The van der Waals surface area contributed by atoms with Gasteiger partial charge in [0.1, 0.15) is 5.69 Å². The predicted molar refractivity (Wildman–Crippen MR) is 63.5 cm³/mol. The molecule has 0 aromatic carbocycles. The highest BCUT2D eigenvalue weighted by Crippen LogP contribution is 2.34. The van der Waals surface area contributed by atoms with E-state index in [4.69, 9.17) is 0 Å². The van der Waals surface area contributed by atoms with Crippen LogP contribution in [0.4, 0.5) is 5.69 Å². The lowest BCUT2D eigenvalue weighted by molar-refractivity contribution is 0.0958. The van der Waals surface area contributed by atoms with Crippen LogP contribution in [0.15, 0.2) is 18.3 Å². The largest absolute Gasteiger partial charge is 0.380 e. The van der Waals surface area contributed by atoms with Gasteiger partial charge < -0.3 is 10.6 Å². The number of nitrogens with one attached hydrogen (secondary N) is 2. The Morgan fingerprint density at radius 1 is 1.50 bits per heavy atom. The van der Waals surface area contributed by atoms with E-state index in [-0.39, 0.29) is 11.4 Å². The summed E-state index contributed by atoms with van der Waals surface area (Å²) in [7, 11) is 1.61. The van der Waals surface area contributed by atoms with Gasteiger partial charge >= 0.3 is 0 Å². The first-order valence-corrected chi connectivity index (χ1v) is 5.59. The molecular formula is C12H17N3O. The zero-order chi connectivity index (χ0) is 11.6. The molecule has 0 bridgehead atoms. The van der Waals surface area contributed by atoms with Crippen molar-refractivity contribution in [3.8, 4) is 0 Å². The van der Waals surface area contributed by atoms with Crippen molar-refractivity contribution < 1.29 is 4.79 Å². The molecule has 1 aliphatic carbocycles. The van der Waals surface area contributed by atoms with Gasteiger partial charge in [0.2, 0.25) is 0 Å². The monoisotopic (exact) mass is 219 g/mol. The Labute approximate surface area is 95.5 Å². The fourth-order valence-electron chi connectivity index (χ4n) is 1.94. The second-order valence-corrected chi connectivity index (χ2v) is 4.55. The van der Waals surface area contributed by atoms with E-state index >= 15 is 0 Å². The van der Waals surface area contributed by atoms with Crippen molar-refractivity contribution in [2.24, 2.45) is 0 Å². The third-order valence-corrected chi connectivity index (χ3v) is 3.12. The standard InChI is InChI=1S/C12H17N3O/c1-12(5-3-6-12)15-9-4-7-14-10(8-9)11(16)13-2/h4,7-8H,3,5-6H2,1-2H3,(H,13,16)(H,14,15). The van der Waals surface area contributed by atoms with Gasteiger partial charge in [-0.2, -0.15) is 0 Å². The molecule has 0 unspecified atom stereocenters. The van der Waals surface area contributed by atoms with Crippen molar-refractivity contribution in [2.45, 2.75) is 31.7 Å². The topological polar surface area (TPSA) is 54.0 Å². The molecule has 2 N–H and O–H groups in total. The fraction of sp³-hybridized carbons (Fsp3) is 0.500. The van der Waals surface area contributed by atoms with Crippen molar-refractivity contribution in [1.82, 2.24) is 10.3 Å². The van der Waals surface area contributed by atoms with E-state index in [1.54, 1.807) is 19.3 Å². The molecule has 1 aliphatic rings. The van der Waals surface area contributed by atoms with Gasteiger partial charge in [-0.1, -0.05) is 0 Å². The summed E-state index contributed by atoms with van der Waals surface area (Å²) >= 11 is 0. The fourth-order valence-corrected chi connectivity index (χ4v) is 1.94. The van der Waals surface area contributed by atoms with Crippen molar-refractivity contribution in [1.29, 1.82) is 0 Å². The number of hydrogen-bond donors (Lipinski definition) is 2. The Morgan fingerprint density at radius 3 is 2.81 bits per heavy atom. The molecule has 1 amide bonds. The van der Waals surface area contributed by atoms with E-state index < -0.39 is 0 Å². The summed E-state index contributed by atoms with van der Waals surface area (Å²) in [6.07, 6.45) is 5.31. The summed E-state index contributed by atoms with van der Waals surface area (Å²) in [4.78, 5) is 15.4. The van der Waals surface area contributed by atoms with Gasteiger partial charge in [0.25, 0.3) is 5.91 Å². The van der Waals surface area contributed by atoms with Gasteiger partial charge in [-0.15, -0.1) is 0 Å². The molecule has 0 spiro atoms. The smallest absolute Gasteiger partial charge is 0.269 e. The summed E-state index contributed by atoms with van der Waals surface area (Å²) in [6.45, 7) is 2.20. The highest BCUT2D eigenvalue weighted by molar-refractivity contribution is 5.92. The average Bonchev–Trinajstić information content (AvgIpc) is 2.26. The number of hydrogen-bond acceptors (Lipinski definition) is 3. The number of aromatic nitrogens is 1. The van der Waals surface area contributed by atoms with Crippen LogP contribution < -0.4 is 10.6 Å². The summed E-state index contributed by atoms with van der Waals surface area (Å²) in [5, 5.41) is 6.02. The molecule has 2 rings (SSSR count). The Kier molecular flexibility index (Phi) is 2.81. The average molecular weight is 219 g/mol. The van der Waals surface area contributed by atoms with Crippen LogP contribution in [-0.4, -0.2) is 23.5 Å². The molecule has 0 radical (unpaired) electrons. The first-order valence-electron chi connectivity index (χ1n) is 5.59. The molecule has 4 heteroatoms. The SMILES string of the molecule is CNC(=O)c1cc(NC2(C)CCC2)ccn1. The number of carbonyl (C=O) groups is 1. The van der Waals surface area contributed by atoms with E-state index in [0.29, 0.717) is 5.69 Å². The lowest BCUT2D eigenvalue weighted by atomic mass is 9.78. The van der Waals surface area contributed by atoms with Gasteiger partial charge in [0.15, 0.2) is 0 Å². The van der Waals surface area contributed by atoms with Crippen LogP contribution in [-0.2, 0) is 0 Å². The number of anilines is 1. The number of amides is 1. The first-order chi connectivity index (χ1) is 7.63. The van der Waals surface area contributed by atoms with Gasteiger partial charge in [-0.25, -0.2) is 0 Å². The molecular weight excluding hydrogens is 202 g/mol. The zero-order valence-electron chi connectivity index (χ0n) is 9.71. The van der Waals surface area contributed by atoms with Crippen molar-refractivity contribution >= 4 is 11.6 Å². The van der Waals surface area contributed by atoms with Crippen LogP contribution in [0.25, 0.3) is 0 Å². The summed E-state index contributed by atoms with van der Waals surface area (Å²) in [6, 6.07) is 3.69. The Balaban J connectivity index is 2.12. The molecule has 0 saturated heterocycles. The summed E-state index contributed by atoms with van der Waals surface area (Å²) in [5.41, 5.74) is 1.62. The Bertz CT molecular complexity index is 399. The number of rotatable bonds is 3. The third kappa shape index (κ3) is 2.15. The number of carbonyl (C=O) groups excluding carboxylic acids is 1. The highest BCUT2D eigenvalue weighted by atomic mass is 16.1. The highest BCUT2D eigenvalue weighted by Gasteiger charge is 2.31. The molecule has 0 atom stereocenters. The Hall–Kier alpha value is -1.58. The minimum absolute atomic E-state index is 0.151. The number of pyridine rings is 1. The van der Waals surface area contributed by atoms with E-state index in [2.05, 4.69) is 22.5 Å². The van der Waals surface area contributed by atoms with E-state index in [0.717, 1.165) is 5.69 Å². The maximum Gasteiger partial charge on any atom is 0.269 e. The first kappa shape index (κ1) is 10.9. The zero-order valence-corrected chi connectivity index (χ0v) is 9.71. The van der Waals surface area contributed by atoms with Crippen LogP contribution in [0.1, 0.15) is 36.7 Å². The molecule has 1 saturated carbocycles. The molecule has 1 heterocycles. The van der Waals surface area contributed by atoms with Crippen LogP contribution >= 0.6 is 0 Å². The normalized spacial score (nSPS) is 17.4. The van der Waals surface area contributed by atoms with Crippen LogP contribution in [0, 0.1) is 0 Å². The number of nitrogens with zero attached hydrogens (tertiary/aromatic N) is 1. The van der Waals surface area contributed by atoms with E-state index in [1.165, 1.54) is 19.3 Å². The molecule has 1 aromatic rings. The van der Waals surface area contributed by atoms with Gasteiger partial charge in [-0.05, 0) is 38.3 Å². The predicted octanol–water partition coefficient (Wildman–Crippen LogP) is 1.80. The molecule has 4 nitrogen and oxygen atoms in total. The maximum atomic E-state index is 11.4. The second-order valence-electron chi connectivity index (χ2n) is 4.55. The summed E-state index contributed by atoms with van der Waals surface area (Å²) < 4.78 is 0. The molecule has 1 aromatic heterocycles. The van der Waals surface area contributed by atoms with Crippen LogP contribution in [0.3, 0.4) is 0 Å². The van der Waals surface area contributed by atoms with Crippen LogP contribution in [0.5, 0.6) is 0 Å². The lowest BCUT2D eigenvalue weighted by Crippen LogP contribution is -2.41. The van der Waals surface area contributed by atoms with E-state index in [9.17, 15) is 4.79 Å². The lowest BCUT2D eigenvalue weighted by Gasteiger charge is -2.40. The van der Waals surface area contributed by atoms with E-state index in [1.807, 2.05) is 6.07 Å². The molecule has 0 aliphatic heterocycles. The van der Waals surface area contributed by atoms with Crippen molar-refractivity contribution in [3.63, 3.8) is 0 Å². The van der Waals surface area contributed by atoms with Gasteiger partial charge in [0.05, 0.1) is 0 Å². The second kappa shape index (κ2) is 4.12. The third-order valence-electron chi connectivity index (χ3n) is 3.12. The van der Waals surface area contributed by atoms with Gasteiger partial charge in [0, 0.05) is 24.5 Å².